The van der Waals surface area contributed by atoms with E-state index in [0.29, 0.717) is 42.4 Å². The first-order chi connectivity index (χ1) is 14.2. The van der Waals surface area contributed by atoms with Gasteiger partial charge in [-0.2, -0.15) is 15.4 Å². The number of benzene rings is 2. The second kappa shape index (κ2) is 7.31. The second-order valence-corrected chi connectivity index (χ2v) is 8.04. The molecule has 0 saturated carbocycles. The molecule has 7 nitrogen and oxygen atoms in total. The van der Waals surface area contributed by atoms with Crippen LogP contribution in [0.2, 0.25) is 0 Å². The third kappa shape index (κ3) is 3.48. The minimum Gasteiger partial charge on any atom is -0.342 e. The predicted molar refractivity (Wildman–Crippen MR) is 108 cm³/mol. The molecule has 0 aliphatic carbocycles. The molecule has 2 fully saturated rings. The van der Waals surface area contributed by atoms with Crippen LogP contribution in [0.3, 0.4) is 0 Å². The van der Waals surface area contributed by atoms with Crippen LogP contribution < -0.4 is 0 Å². The lowest BCUT2D eigenvalue weighted by Gasteiger charge is -2.22. The topological polar surface area (TPSA) is 82.2 Å². The maximum absolute atomic E-state index is 12.9. The zero-order chi connectivity index (χ0) is 19.8. The Bertz CT molecular complexity index is 1030. The predicted octanol–water partition coefficient (Wildman–Crippen LogP) is 2.12. The van der Waals surface area contributed by atoms with Gasteiger partial charge in [-0.25, -0.2) is 0 Å². The number of aromatic nitrogens is 3. The van der Waals surface area contributed by atoms with E-state index in [1.165, 1.54) is 5.56 Å². The summed E-state index contributed by atoms with van der Waals surface area (Å²) in [4.78, 5) is 29.4. The molecule has 0 radical (unpaired) electrons. The van der Waals surface area contributed by atoms with Crippen LogP contribution in [0.4, 0.5) is 0 Å². The molecule has 2 amide bonds. The van der Waals surface area contributed by atoms with Crippen LogP contribution in [0.5, 0.6) is 0 Å². The molecule has 2 saturated heterocycles. The normalized spacial score (nSPS) is 21.0. The number of aryl methyl sites for hydroxylation is 1. The molecule has 1 N–H and O–H groups in total. The number of hydrogen-bond acceptors (Lipinski definition) is 4. The van der Waals surface area contributed by atoms with E-state index in [0.717, 1.165) is 25.0 Å². The van der Waals surface area contributed by atoms with Crippen LogP contribution in [0, 0.1) is 11.8 Å². The molecule has 29 heavy (non-hydrogen) atoms. The van der Waals surface area contributed by atoms with Gasteiger partial charge in [0.2, 0.25) is 5.91 Å². The zero-order valence-electron chi connectivity index (χ0n) is 16.1. The van der Waals surface area contributed by atoms with Crippen molar-refractivity contribution in [2.45, 2.75) is 12.8 Å². The van der Waals surface area contributed by atoms with Gasteiger partial charge in [-0.1, -0.05) is 30.3 Å². The molecule has 3 heterocycles. The van der Waals surface area contributed by atoms with Gasteiger partial charge < -0.3 is 9.80 Å². The Morgan fingerprint density at radius 1 is 0.897 bits per heavy atom. The van der Waals surface area contributed by atoms with Crippen molar-refractivity contribution in [2.24, 2.45) is 11.8 Å². The number of carbonyl (C=O) groups is 2. The van der Waals surface area contributed by atoms with E-state index in [1.54, 1.807) is 12.1 Å². The highest BCUT2D eigenvalue weighted by molar-refractivity contribution is 5.97. The Hall–Kier alpha value is -3.22. The molecule has 0 spiro atoms. The minimum absolute atomic E-state index is 0.0336. The van der Waals surface area contributed by atoms with E-state index in [9.17, 15) is 9.59 Å². The molecule has 2 aliphatic rings. The number of nitrogens with one attached hydrogen (secondary N) is 1. The van der Waals surface area contributed by atoms with Crippen LogP contribution >= 0.6 is 0 Å². The summed E-state index contributed by atoms with van der Waals surface area (Å²) >= 11 is 0. The Kier molecular flexibility index (Phi) is 4.50. The molecule has 1 aromatic heterocycles. The number of fused-ring (bicyclic) bond motifs is 2. The van der Waals surface area contributed by atoms with Gasteiger partial charge in [0.25, 0.3) is 5.91 Å². The van der Waals surface area contributed by atoms with Crippen molar-refractivity contribution >= 4 is 22.8 Å². The quantitative estimate of drug-likeness (QED) is 0.741. The number of aromatic amines is 1. The molecule has 2 atom stereocenters. The standard InChI is InChI=1S/C22H23N5O2/c28-21(9-6-15-4-2-1-3-5-15)26-11-17-13-27(14-18(17)12-26)22(29)16-7-8-19-20(10-16)24-25-23-19/h1-5,7-8,10,17-18H,6,9,11-14H2,(H,23,24,25). The SMILES string of the molecule is O=C(CCc1ccccc1)N1CC2CN(C(=O)c3ccc4n[nH]nc4c3)CC2C1. The lowest BCUT2D eigenvalue weighted by molar-refractivity contribution is -0.130. The van der Waals surface area contributed by atoms with Crippen molar-refractivity contribution < 1.29 is 9.59 Å². The third-order valence-corrected chi connectivity index (χ3v) is 6.16. The summed E-state index contributed by atoms with van der Waals surface area (Å²) in [6.45, 7) is 2.93. The summed E-state index contributed by atoms with van der Waals surface area (Å²) < 4.78 is 0. The number of hydrogen-bond donors (Lipinski definition) is 1. The fourth-order valence-electron chi connectivity index (χ4n) is 4.57. The van der Waals surface area contributed by atoms with Crippen molar-refractivity contribution in [2.75, 3.05) is 26.2 Å². The molecular weight excluding hydrogens is 366 g/mol. The van der Waals surface area contributed by atoms with Gasteiger partial charge in [0.1, 0.15) is 11.0 Å². The maximum atomic E-state index is 12.9. The lowest BCUT2D eigenvalue weighted by atomic mass is 10.0. The average Bonchev–Trinajstić information content (AvgIpc) is 3.46. The Morgan fingerprint density at radius 3 is 2.34 bits per heavy atom. The van der Waals surface area contributed by atoms with E-state index < -0.39 is 0 Å². The number of likely N-dealkylation sites (tertiary alicyclic amines) is 2. The Morgan fingerprint density at radius 2 is 1.59 bits per heavy atom. The highest BCUT2D eigenvalue weighted by Crippen LogP contribution is 2.32. The van der Waals surface area contributed by atoms with Crippen LogP contribution in [-0.4, -0.2) is 63.2 Å². The first-order valence-corrected chi connectivity index (χ1v) is 10.1. The van der Waals surface area contributed by atoms with Crippen molar-refractivity contribution in [1.82, 2.24) is 25.2 Å². The molecule has 7 heteroatoms. The lowest BCUT2D eigenvalue weighted by Crippen LogP contribution is -2.35. The van der Waals surface area contributed by atoms with Gasteiger partial charge >= 0.3 is 0 Å². The summed E-state index contributed by atoms with van der Waals surface area (Å²) in [5.74, 6) is 0.995. The third-order valence-electron chi connectivity index (χ3n) is 6.16. The van der Waals surface area contributed by atoms with Crippen LogP contribution in [0.1, 0.15) is 22.3 Å². The minimum atomic E-state index is 0.0336. The fraction of sp³-hybridized carbons (Fsp3) is 0.364. The molecule has 2 aromatic carbocycles. The van der Waals surface area contributed by atoms with Crippen LogP contribution in [0.15, 0.2) is 48.5 Å². The number of carbonyl (C=O) groups excluding carboxylic acids is 2. The van der Waals surface area contributed by atoms with Gasteiger partial charge in [-0.15, -0.1) is 0 Å². The molecule has 2 aliphatic heterocycles. The van der Waals surface area contributed by atoms with Crippen molar-refractivity contribution in [3.05, 3.63) is 59.7 Å². The maximum Gasteiger partial charge on any atom is 0.253 e. The van der Waals surface area contributed by atoms with Crippen LogP contribution in [0.25, 0.3) is 11.0 Å². The number of rotatable bonds is 4. The summed E-state index contributed by atoms with van der Waals surface area (Å²) in [5, 5.41) is 10.7. The van der Waals surface area contributed by atoms with Gasteiger partial charge in [0.15, 0.2) is 0 Å². The molecular formula is C22H23N5O2. The first kappa shape index (κ1) is 17.8. The van der Waals surface area contributed by atoms with E-state index in [-0.39, 0.29) is 11.8 Å². The van der Waals surface area contributed by atoms with Crippen LogP contribution in [-0.2, 0) is 11.2 Å². The Labute approximate surface area is 168 Å². The molecule has 0 bridgehead atoms. The van der Waals surface area contributed by atoms with E-state index in [2.05, 4.69) is 27.5 Å². The highest BCUT2D eigenvalue weighted by atomic mass is 16.2. The van der Waals surface area contributed by atoms with E-state index in [1.807, 2.05) is 34.1 Å². The number of H-pyrrole nitrogens is 1. The summed E-state index contributed by atoms with van der Waals surface area (Å²) in [6, 6.07) is 15.5. The van der Waals surface area contributed by atoms with E-state index >= 15 is 0 Å². The highest BCUT2D eigenvalue weighted by Gasteiger charge is 2.42. The number of nitrogens with zero attached hydrogens (tertiary/aromatic N) is 4. The summed E-state index contributed by atoms with van der Waals surface area (Å²) in [5.41, 5.74) is 3.29. The largest absolute Gasteiger partial charge is 0.342 e. The fourth-order valence-corrected chi connectivity index (χ4v) is 4.57. The molecule has 5 rings (SSSR count). The van der Waals surface area contributed by atoms with Crippen molar-refractivity contribution in [3.63, 3.8) is 0 Å². The first-order valence-electron chi connectivity index (χ1n) is 10.1. The molecule has 148 valence electrons. The van der Waals surface area contributed by atoms with Crippen molar-refractivity contribution in [1.29, 1.82) is 0 Å². The Balaban J connectivity index is 1.17. The molecule has 3 aromatic rings. The van der Waals surface area contributed by atoms with Gasteiger partial charge in [0.05, 0.1) is 0 Å². The second-order valence-electron chi connectivity index (χ2n) is 8.04. The van der Waals surface area contributed by atoms with Crippen molar-refractivity contribution in [3.8, 4) is 0 Å². The monoisotopic (exact) mass is 389 g/mol. The average molecular weight is 389 g/mol. The summed E-state index contributed by atoms with van der Waals surface area (Å²) in [6.07, 6.45) is 1.32. The molecule has 2 unspecified atom stereocenters. The smallest absolute Gasteiger partial charge is 0.253 e. The van der Waals surface area contributed by atoms with Gasteiger partial charge in [0, 0.05) is 50.0 Å². The van der Waals surface area contributed by atoms with Gasteiger partial charge in [-0.05, 0) is 30.2 Å². The van der Waals surface area contributed by atoms with E-state index in [4.69, 9.17) is 0 Å². The van der Waals surface area contributed by atoms with Gasteiger partial charge in [-0.3, -0.25) is 9.59 Å². The number of amides is 2. The zero-order valence-corrected chi connectivity index (χ0v) is 16.1. The summed E-state index contributed by atoms with van der Waals surface area (Å²) in [7, 11) is 0.